The molecule has 110 valence electrons. The SMILES string of the molecule is CC(Cl)C(=O)N1CCC(Oc2cncc(N(C)C)n2)C1. The van der Waals surface area contributed by atoms with E-state index in [1.54, 1.807) is 24.2 Å². The average Bonchev–Trinajstić information content (AvgIpc) is 2.86. The van der Waals surface area contributed by atoms with Crippen LogP contribution in [0.15, 0.2) is 12.4 Å². The smallest absolute Gasteiger partial charge is 0.240 e. The maximum Gasteiger partial charge on any atom is 0.240 e. The number of carbonyl (C=O) groups is 1. The highest BCUT2D eigenvalue weighted by Gasteiger charge is 2.29. The number of alkyl halides is 1. The Balaban J connectivity index is 1.95. The predicted molar refractivity (Wildman–Crippen MR) is 77.3 cm³/mol. The molecule has 1 aliphatic rings. The van der Waals surface area contributed by atoms with Crippen LogP contribution in [0, 0.1) is 0 Å². The maximum atomic E-state index is 11.8. The summed E-state index contributed by atoms with van der Waals surface area (Å²) in [6.07, 6.45) is 3.98. The predicted octanol–water partition coefficient (Wildman–Crippen LogP) is 1.15. The number of likely N-dealkylation sites (tertiary alicyclic amines) is 1. The fourth-order valence-electron chi connectivity index (χ4n) is 2.06. The Hall–Kier alpha value is -1.56. The third-order valence-electron chi connectivity index (χ3n) is 3.14. The van der Waals surface area contributed by atoms with Crippen molar-refractivity contribution in [2.45, 2.75) is 24.8 Å². The summed E-state index contributed by atoms with van der Waals surface area (Å²) < 4.78 is 5.79. The molecule has 0 saturated carbocycles. The van der Waals surface area contributed by atoms with Gasteiger partial charge in [0.2, 0.25) is 11.8 Å². The molecule has 0 radical (unpaired) electrons. The number of hydrogen-bond donors (Lipinski definition) is 0. The lowest BCUT2D eigenvalue weighted by molar-refractivity contribution is -0.129. The van der Waals surface area contributed by atoms with Gasteiger partial charge in [0.05, 0.1) is 18.9 Å². The van der Waals surface area contributed by atoms with Crippen LogP contribution in [0.4, 0.5) is 5.82 Å². The van der Waals surface area contributed by atoms with Crippen molar-refractivity contribution in [3.63, 3.8) is 0 Å². The Kier molecular flexibility index (Phi) is 4.65. The standard InChI is InChI=1S/C13H19ClN4O2/c1-9(14)13(19)18-5-4-10(8-18)20-12-7-15-6-11(16-12)17(2)3/h6-7,9-10H,4-5,8H2,1-3H3. The van der Waals surface area contributed by atoms with E-state index >= 15 is 0 Å². The van der Waals surface area contributed by atoms with Crippen molar-refractivity contribution in [2.75, 3.05) is 32.1 Å². The Morgan fingerprint density at radius 2 is 2.30 bits per heavy atom. The van der Waals surface area contributed by atoms with Gasteiger partial charge < -0.3 is 14.5 Å². The summed E-state index contributed by atoms with van der Waals surface area (Å²) in [5, 5.41) is -0.495. The van der Waals surface area contributed by atoms with E-state index in [0.29, 0.717) is 19.0 Å². The Morgan fingerprint density at radius 1 is 1.55 bits per heavy atom. The van der Waals surface area contributed by atoms with Crippen molar-refractivity contribution in [1.82, 2.24) is 14.9 Å². The van der Waals surface area contributed by atoms with Crippen LogP contribution in [0.2, 0.25) is 0 Å². The van der Waals surface area contributed by atoms with Gasteiger partial charge >= 0.3 is 0 Å². The lowest BCUT2D eigenvalue weighted by Crippen LogP contribution is -2.35. The van der Waals surface area contributed by atoms with E-state index in [4.69, 9.17) is 16.3 Å². The molecule has 2 atom stereocenters. The van der Waals surface area contributed by atoms with Gasteiger partial charge in [-0.2, -0.15) is 4.98 Å². The van der Waals surface area contributed by atoms with E-state index in [9.17, 15) is 4.79 Å². The van der Waals surface area contributed by atoms with Crippen molar-refractivity contribution in [3.8, 4) is 5.88 Å². The molecule has 2 unspecified atom stereocenters. The van der Waals surface area contributed by atoms with Gasteiger partial charge in [0.25, 0.3) is 0 Å². The number of anilines is 1. The molecule has 1 aliphatic heterocycles. The van der Waals surface area contributed by atoms with Gasteiger partial charge in [0.1, 0.15) is 11.5 Å². The van der Waals surface area contributed by atoms with Crippen LogP contribution in [-0.2, 0) is 4.79 Å². The van der Waals surface area contributed by atoms with Crippen LogP contribution < -0.4 is 9.64 Å². The van der Waals surface area contributed by atoms with Crippen molar-refractivity contribution in [3.05, 3.63) is 12.4 Å². The molecule has 1 aromatic rings. The van der Waals surface area contributed by atoms with Crippen molar-refractivity contribution in [2.24, 2.45) is 0 Å². The van der Waals surface area contributed by atoms with E-state index < -0.39 is 5.38 Å². The molecule has 0 bridgehead atoms. The third-order valence-corrected chi connectivity index (χ3v) is 3.33. The van der Waals surface area contributed by atoms with Crippen LogP contribution in [0.25, 0.3) is 0 Å². The van der Waals surface area contributed by atoms with Crippen LogP contribution in [-0.4, -0.2) is 59.4 Å². The Bertz CT molecular complexity index is 481. The lowest BCUT2D eigenvalue weighted by atomic mass is 10.3. The minimum absolute atomic E-state index is 0.0501. The monoisotopic (exact) mass is 298 g/mol. The van der Waals surface area contributed by atoms with Gasteiger partial charge in [0.15, 0.2) is 5.82 Å². The highest BCUT2D eigenvalue weighted by molar-refractivity contribution is 6.30. The van der Waals surface area contributed by atoms with Gasteiger partial charge in [-0.1, -0.05) is 0 Å². The minimum Gasteiger partial charge on any atom is -0.471 e. The van der Waals surface area contributed by atoms with Gasteiger partial charge in [-0.05, 0) is 6.92 Å². The van der Waals surface area contributed by atoms with Crippen LogP contribution >= 0.6 is 11.6 Å². The van der Waals surface area contributed by atoms with Crippen LogP contribution in [0.3, 0.4) is 0 Å². The molecule has 1 fully saturated rings. The largest absolute Gasteiger partial charge is 0.471 e. The van der Waals surface area contributed by atoms with E-state index in [-0.39, 0.29) is 12.0 Å². The molecule has 2 heterocycles. The number of ether oxygens (including phenoxy) is 1. The van der Waals surface area contributed by atoms with Crippen molar-refractivity contribution in [1.29, 1.82) is 0 Å². The number of amides is 1. The second-order valence-corrected chi connectivity index (χ2v) is 5.69. The van der Waals surface area contributed by atoms with Gasteiger partial charge in [-0.25, -0.2) is 0 Å². The van der Waals surface area contributed by atoms with E-state index in [1.807, 2.05) is 19.0 Å². The summed E-state index contributed by atoms with van der Waals surface area (Å²) in [5.41, 5.74) is 0. The zero-order valence-corrected chi connectivity index (χ0v) is 12.7. The molecular formula is C13H19ClN4O2. The molecule has 1 saturated heterocycles. The molecule has 20 heavy (non-hydrogen) atoms. The number of carbonyl (C=O) groups excluding carboxylic acids is 1. The zero-order chi connectivity index (χ0) is 14.7. The molecule has 0 N–H and O–H groups in total. The quantitative estimate of drug-likeness (QED) is 0.781. The summed E-state index contributed by atoms with van der Waals surface area (Å²) in [5.74, 6) is 1.17. The molecule has 7 heteroatoms. The Morgan fingerprint density at radius 3 is 2.95 bits per heavy atom. The van der Waals surface area contributed by atoms with Gasteiger partial charge in [-0.3, -0.25) is 9.78 Å². The number of rotatable bonds is 4. The first-order valence-electron chi connectivity index (χ1n) is 6.56. The lowest BCUT2D eigenvalue weighted by Gasteiger charge is -2.18. The molecule has 0 aliphatic carbocycles. The summed E-state index contributed by atoms with van der Waals surface area (Å²) in [6, 6.07) is 0. The fraction of sp³-hybridized carbons (Fsp3) is 0.615. The molecular weight excluding hydrogens is 280 g/mol. The van der Waals surface area contributed by atoms with Crippen LogP contribution in [0.1, 0.15) is 13.3 Å². The van der Waals surface area contributed by atoms with E-state index in [0.717, 1.165) is 12.2 Å². The second kappa shape index (κ2) is 6.26. The van der Waals surface area contributed by atoms with Crippen molar-refractivity contribution < 1.29 is 9.53 Å². The maximum absolute atomic E-state index is 11.8. The topological polar surface area (TPSA) is 58.6 Å². The normalized spacial score (nSPS) is 19.8. The second-order valence-electron chi connectivity index (χ2n) is 5.04. The summed E-state index contributed by atoms with van der Waals surface area (Å²) >= 11 is 5.81. The minimum atomic E-state index is -0.495. The Labute approximate surface area is 123 Å². The molecule has 0 aromatic carbocycles. The van der Waals surface area contributed by atoms with Crippen LogP contribution in [0.5, 0.6) is 5.88 Å². The highest BCUT2D eigenvalue weighted by atomic mass is 35.5. The van der Waals surface area contributed by atoms with Gasteiger partial charge in [-0.15, -0.1) is 11.6 Å². The first-order valence-corrected chi connectivity index (χ1v) is 7.00. The number of hydrogen-bond acceptors (Lipinski definition) is 5. The molecule has 0 spiro atoms. The summed E-state index contributed by atoms with van der Waals surface area (Å²) in [6.45, 7) is 2.90. The highest BCUT2D eigenvalue weighted by Crippen LogP contribution is 2.19. The first-order chi connectivity index (χ1) is 9.47. The number of nitrogens with zero attached hydrogens (tertiary/aromatic N) is 4. The third kappa shape index (κ3) is 3.50. The number of aromatic nitrogens is 2. The number of halogens is 1. The van der Waals surface area contributed by atoms with E-state index in [1.165, 1.54) is 0 Å². The van der Waals surface area contributed by atoms with Gasteiger partial charge in [0, 0.05) is 27.1 Å². The molecule has 1 amide bonds. The first kappa shape index (κ1) is 14.8. The average molecular weight is 299 g/mol. The fourth-order valence-corrected chi connectivity index (χ4v) is 2.20. The van der Waals surface area contributed by atoms with E-state index in [2.05, 4.69) is 9.97 Å². The molecule has 6 nitrogen and oxygen atoms in total. The summed E-state index contributed by atoms with van der Waals surface area (Å²) in [4.78, 5) is 23.8. The molecule has 2 rings (SSSR count). The van der Waals surface area contributed by atoms with Crippen molar-refractivity contribution >= 4 is 23.3 Å². The summed E-state index contributed by atoms with van der Waals surface area (Å²) in [7, 11) is 3.79. The zero-order valence-electron chi connectivity index (χ0n) is 11.9. The molecule has 1 aromatic heterocycles.